The molecule has 0 fully saturated rings. The summed E-state index contributed by atoms with van der Waals surface area (Å²) in [6, 6.07) is 0. The monoisotopic (exact) mass is 325 g/mol. The van der Waals surface area contributed by atoms with Crippen LogP contribution in [0, 0.1) is 6.92 Å². The molecule has 2 amide bonds. The van der Waals surface area contributed by atoms with Gasteiger partial charge in [0.05, 0.1) is 11.2 Å². The van der Waals surface area contributed by atoms with Crippen molar-refractivity contribution in [3.05, 3.63) is 21.6 Å². The maximum atomic E-state index is 11.6. The van der Waals surface area contributed by atoms with Crippen molar-refractivity contribution in [1.82, 2.24) is 20.5 Å². The van der Waals surface area contributed by atoms with Gasteiger partial charge in [-0.3, -0.25) is 9.59 Å². The average Bonchev–Trinajstić information content (AvgIpc) is 3.09. The second kappa shape index (κ2) is 7.79. The van der Waals surface area contributed by atoms with E-state index >= 15 is 0 Å². The molecule has 0 bridgehead atoms. The van der Waals surface area contributed by atoms with E-state index in [0.29, 0.717) is 11.7 Å². The number of amides is 2. The predicted octanol–water partition coefficient (Wildman–Crippen LogP) is 1.38. The Morgan fingerprint density at radius 3 is 2.67 bits per heavy atom. The minimum Gasteiger partial charge on any atom is -0.356 e. The molecule has 0 aliphatic heterocycles. The lowest BCUT2D eigenvalue weighted by molar-refractivity contribution is -0.124. The van der Waals surface area contributed by atoms with E-state index in [9.17, 15) is 9.59 Å². The second-order valence-electron chi connectivity index (χ2n) is 4.25. The third kappa shape index (κ3) is 5.20. The third-order valence-electron chi connectivity index (χ3n) is 2.70. The van der Waals surface area contributed by atoms with Crippen LogP contribution in [0.15, 0.2) is 11.0 Å². The normalized spacial score (nSPS) is 10.3. The van der Waals surface area contributed by atoms with Crippen LogP contribution < -0.4 is 10.6 Å². The molecule has 0 saturated carbocycles. The van der Waals surface area contributed by atoms with Gasteiger partial charge >= 0.3 is 0 Å². The van der Waals surface area contributed by atoms with Crippen LogP contribution >= 0.6 is 22.7 Å². The first kappa shape index (κ1) is 15.5. The number of hydrogen-bond donors (Lipinski definition) is 2. The van der Waals surface area contributed by atoms with Gasteiger partial charge in [0, 0.05) is 30.7 Å². The summed E-state index contributed by atoms with van der Waals surface area (Å²) in [7, 11) is 0. The molecule has 112 valence electrons. The zero-order chi connectivity index (χ0) is 15.1. The molecule has 0 spiro atoms. The molecule has 0 aromatic carbocycles. The summed E-state index contributed by atoms with van der Waals surface area (Å²) in [5.74, 6) is -0.371. The van der Waals surface area contributed by atoms with E-state index in [1.807, 2.05) is 6.92 Å². The number of thiazole rings is 1. The van der Waals surface area contributed by atoms with Gasteiger partial charge in [0.25, 0.3) is 0 Å². The van der Waals surface area contributed by atoms with Gasteiger partial charge in [-0.2, -0.15) is 0 Å². The quantitative estimate of drug-likeness (QED) is 0.801. The largest absolute Gasteiger partial charge is 0.356 e. The zero-order valence-electron chi connectivity index (χ0n) is 11.5. The van der Waals surface area contributed by atoms with E-state index in [-0.39, 0.29) is 24.7 Å². The van der Waals surface area contributed by atoms with Crippen LogP contribution in [0.3, 0.4) is 0 Å². The summed E-state index contributed by atoms with van der Waals surface area (Å²) >= 11 is 2.82. The van der Waals surface area contributed by atoms with Crippen LogP contribution in [-0.4, -0.2) is 33.5 Å². The van der Waals surface area contributed by atoms with Crippen LogP contribution in [0.5, 0.6) is 0 Å². The number of anilines is 1. The van der Waals surface area contributed by atoms with Crippen molar-refractivity contribution < 1.29 is 9.59 Å². The van der Waals surface area contributed by atoms with Crippen molar-refractivity contribution in [1.29, 1.82) is 0 Å². The number of carbonyl (C=O) groups is 2. The SMILES string of the molecule is Cc1ncsc1CCNC(=O)CCC(=O)Nc1nncs1. The number of nitrogens with zero attached hydrogens (tertiary/aromatic N) is 3. The fourth-order valence-corrected chi connectivity index (χ4v) is 2.85. The molecular formula is C12H15N5O2S2. The topological polar surface area (TPSA) is 96.9 Å². The van der Waals surface area contributed by atoms with Crippen molar-refractivity contribution in [2.45, 2.75) is 26.2 Å². The van der Waals surface area contributed by atoms with Gasteiger partial charge in [0.15, 0.2) is 0 Å². The number of hydrogen-bond acceptors (Lipinski definition) is 7. The lowest BCUT2D eigenvalue weighted by Gasteiger charge is -2.04. The van der Waals surface area contributed by atoms with Crippen LogP contribution in [-0.2, 0) is 16.0 Å². The van der Waals surface area contributed by atoms with Crippen molar-refractivity contribution in [3.8, 4) is 0 Å². The predicted molar refractivity (Wildman–Crippen MR) is 81.3 cm³/mol. The molecule has 0 saturated heterocycles. The molecule has 2 aromatic rings. The van der Waals surface area contributed by atoms with E-state index in [4.69, 9.17) is 0 Å². The van der Waals surface area contributed by atoms with Gasteiger partial charge in [0.1, 0.15) is 5.51 Å². The molecule has 2 N–H and O–H groups in total. The van der Waals surface area contributed by atoms with Crippen LogP contribution in [0.2, 0.25) is 0 Å². The highest BCUT2D eigenvalue weighted by atomic mass is 32.1. The lowest BCUT2D eigenvalue weighted by Crippen LogP contribution is -2.26. The Labute approximate surface area is 129 Å². The highest BCUT2D eigenvalue weighted by molar-refractivity contribution is 7.13. The molecule has 0 unspecified atom stereocenters. The molecule has 2 heterocycles. The molecule has 9 heteroatoms. The highest BCUT2D eigenvalue weighted by Gasteiger charge is 2.09. The molecule has 0 radical (unpaired) electrons. The lowest BCUT2D eigenvalue weighted by atomic mass is 10.2. The number of aromatic nitrogens is 3. The Kier molecular flexibility index (Phi) is 5.76. The van der Waals surface area contributed by atoms with Crippen LogP contribution in [0.25, 0.3) is 0 Å². The fraction of sp³-hybridized carbons (Fsp3) is 0.417. The second-order valence-corrected chi connectivity index (χ2v) is 6.03. The highest BCUT2D eigenvalue weighted by Crippen LogP contribution is 2.12. The Morgan fingerprint density at radius 1 is 1.19 bits per heavy atom. The molecule has 2 rings (SSSR count). The summed E-state index contributed by atoms with van der Waals surface area (Å²) in [6.07, 6.45) is 1.05. The van der Waals surface area contributed by atoms with Gasteiger partial charge < -0.3 is 10.6 Å². The number of nitrogens with one attached hydrogen (secondary N) is 2. The average molecular weight is 325 g/mol. The number of carbonyl (C=O) groups excluding carboxylic acids is 2. The summed E-state index contributed by atoms with van der Waals surface area (Å²) in [6.45, 7) is 2.51. The molecule has 7 nitrogen and oxygen atoms in total. The van der Waals surface area contributed by atoms with Crippen molar-refractivity contribution in [3.63, 3.8) is 0 Å². The molecule has 0 atom stereocenters. The minimum atomic E-state index is -0.236. The van der Waals surface area contributed by atoms with E-state index in [0.717, 1.165) is 12.1 Å². The maximum Gasteiger partial charge on any atom is 0.226 e. The maximum absolute atomic E-state index is 11.6. The smallest absolute Gasteiger partial charge is 0.226 e. The van der Waals surface area contributed by atoms with Gasteiger partial charge in [-0.25, -0.2) is 4.98 Å². The first-order chi connectivity index (χ1) is 10.1. The summed E-state index contributed by atoms with van der Waals surface area (Å²) in [4.78, 5) is 28.5. The van der Waals surface area contributed by atoms with Gasteiger partial charge in [-0.05, 0) is 6.92 Å². The molecule has 21 heavy (non-hydrogen) atoms. The van der Waals surface area contributed by atoms with Crippen LogP contribution in [0.4, 0.5) is 5.13 Å². The summed E-state index contributed by atoms with van der Waals surface area (Å²) in [5.41, 5.74) is 4.33. The third-order valence-corrected chi connectivity index (χ3v) is 4.31. The first-order valence-electron chi connectivity index (χ1n) is 6.37. The Bertz CT molecular complexity index is 597. The molecule has 0 aliphatic rings. The number of aryl methyl sites for hydroxylation is 1. The van der Waals surface area contributed by atoms with E-state index in [1.54, 1.807) is 16.8 Å². The molecule has 2 aromatic heterocycles. The number of rotatable bonds is 7. The zero-order valence-corrected chi connectivity index (χ0v) is 13.1. The van der Waals surface area contributed by atoms with Crippen molar-refractivity contribution >= 4 is 39.6 Å². The van der Waals surface area contributed by atoms with Gasteiger partial charge in [0.2, 0.25) is 16.9 Å². The Morgan fingerprint density at radius 2 is 2.00 bits per heavy atom. The Balaban J connectivity index is 1.61. The van der Waals surface area contributed by atoms with Crippen molar-refractivity contribution in [2.75, 3.05) is 11.9 Å². The molecular weight excluding hydrogens is 310 g/mol. The van der Waals surface area contributed by atoms with Gasteiger partial charge in [-0.15, -0.1) is 21.5 Å². The van der Waals surface area contributed by atoms with E-state index < -0.39 is 0 Å². The van der Waals surface area contributed by atoms with E-state index in [1.165, 1.54) is 21.7 Å². The summed E-state index contributed by atoms with van der Waals surface area (Å²) in [5, 5.41) is 13.1. The first-order valence-corrected chi connectivity index (χ1v) is 8.13. The van der Waals surface area contributed by atoms with E-state index in [2.05, 4.69) is 25.8 Å². The standard InChI is InChI=1S/C12H15N5O2S2/c1-8-9(20-6-14-8)4-5-13-10(18)2-3-11(19)16-12-17-15-7-21-12/h6-7H,2-5H2,1H3,(H,13,18)(H,16,17,19). The summed E-state index contributed by atoms with van der Waals surface area (Å²) < 4.78 is 0. The van der Waals surface area contributed by atoms with Crippen LogP contribution in [0.1, 0.15) is 23.4 Å². The minimum absolute atomic E-state index is 0.130. The van der Waals surface area contributed by atoms with Gasteiger partial charge in [-0.1, -0.05) is 11.3 Å². The molecule has 0 aliphatic carbocycles. The fourth-order valence-electron chi connectivity index (χ4n) is 1.61. The van der Waals surface area contributed by atoms with Crippen molar-refractivity contribution in [2.24, 2.45) is 0 Å². The Hall–Kier alpha value is -1.87.